The smallest absolute Gasteiger partial charge is 0.231 e. The van der Waals surface area contributed by atoms with E-state index in [4.69, 9.17) is 11.6 Å². The van der Waals surface area contributed by atoms with Gasteiger partial charge >= 0.3 is 0 Å². The highest BCUT2D eigenvalue weighted by Gasteiger charge is 2.28. The van der Waals surface area contributed by atoms with Gasteiger partial charge in [0.15, 0.2) is 0 Å². The summed E-state index contributed by atoms with van der Waals surface area (Å²) in [5.41, 5.74) is 7.16. The molecule has 0 unspecified atom stereocenters. The van der Waals surface area contributed by atoms with Gasteiger partial charge in [-0.25, -0.2) is 0 Å². The molecule has 0 saturated carbocycles. The fourth-order valence-electron chi connectivity index (χ4n) is 5.20. The number of hydrogen-bond acceptors (Lipinski definition) is 6. The maximum atomic E-state index is 13.0. The SMILES string of the molecule is O=C1Cc2cc(CCN3CCNCC3)c(Cl)cc2N1Cc1ccc(-c2ccccc2-c2nn[nH]n2)cc1. The molecule has 2 N–H and O–H groups in total. The van der Waals surface area contributed by atoms with Crippen LogP contribution in [0.3, 0.4) is 0 Å². The Morgan fingerprint density at radius 3 is 2.51 bits per heavy atom. The molecule has 0 atom stereocenters. The minimum atomic E-state index is 0.108. The number of tetrazole rings is 1. The lowest BCUT2D eigenvalue weighted by Crippen LogP contribution is -2.44. The third-order valence-electron chi connectivity index (χ3n) is 7.21. The number of halogens is 1. The number of nitrogens with zero attached hydrogens (tertiary/aromatic N) is 5. The maximum Gasteiger partial charge on any atom is 0.231 e. The van der Waals surface area contributed by atoms with Gasteiger partial charge in [-0.05, 0) is 45.5 Å². The second kappa shape index (κ2) is 10.4. The number of rotatable bonds is 7. The van der Waals surface area contributed by atoms with E-state index < -0.39 is 0 Å². The lowest BCUT2D eigenvalue weighted by Gasteiger charge is -2.27. The molecular weight excluding hydrogens is 486 g/mol. The van der Waals surface area contributed by atoms with Crippen molar-refractivity contribution in [1.29, 1.82) is 0 Å². The van der Waals surface area contributed by atoms with E-state index in [0.29, 0.717) is 18.8 Å². The summed E-state index contributed by atoms with van der Waals surface area (Å²) >= 11 is 6.70. The number of hydrogen-bond donors (Lipinski definition) is 2. The Kier molecular flexibility index (Phi) is 6.70. The first kappa shape index (κ1) is 23.8. The average molecular weight is 514 g/mol. The van der Waals surface area contributed by atoms with E-state index in [9.17, 15) is 4.79 Å². The van der Waals surface area contributed by atoms with E-state index in [1.54, 1.807) is 0 Å². The summed E-state index contributed by atoms with van der Waals surface area (Å²) in [5.74, 6) is 0.667. The first-order chi connectivity index (χ1) is 18.2. The van der Waals surface area contributed by atoms with Crippen LogP contribution in [0.5, 0.6) is 0 Å². The van der Waals surface area contributed by atoms with Crippen molar-refractivity contribution in [2.75, 3.05) is 37.6 Å². The van der Waals surface area contributed by atoms with Gasteiger partial charge in [0.25, 0.3) is 0 Å². The Morgan fingerprint density at radius 2 is 1.76 bits per heavy atom. The molecule has 37 heavy (non-hydrogen) atoms. The van der Waals surface area contributed by atoms with Crippen molar-refractivity contribution in [2.45, 2.75) is 19.4 Å². The molecule has 3 heterocycles. The molecule has 1 fully saturated rings. The van der Waals surface area contributed by atoms with Crippen LogP contribution in [0.2, 0.25) is 5.02 Å². The molecule has 3 aromatic carbocycles. The standard InChI is InChI=1S/C28H28ClN7O/c29-25-17-26-22(15-21(25)9-12-35-13-10-30-11-14-35)16-27(37)36(26)18-19-5-7-20(8-6-19)23-3-1-2-4-24(23)28-31-33-34-32-28/h1-8,15,17,30H,9-14,16,18H2,(H,31,32,33,34). The third-order valence-corrected chi connectivity index (χ3v) is 7.56. The Morgan fingerprint density at radius 1 is 0.973 bits per heavy atom. The van der Waals surface area contributed by atoms with Gasteiger partial charge in [0, 0.05) is 49.0 Å². The van der Waals surface area contributed by atoms with Crippen LogP contribution in [0.25, 0.3) is 22.5 Å². The Balaban J connectivity index is 1.18. The summed E-state index contributed by atoms with van der Waals surface area (Å²) in [5, 5.41) is 18.6. The van der Waals surface area contributed by atoms with Crippen molar-refractivity contribution in [1.82, 2.24) is 30.8 Å². The number of nitrogens with one attached hydrogen (secondary N) is 2. The Bertz CT molecular complexity index is 1400. The number of aromatic amines is 1. The van der Waals surface area contributed by atoms with Crippen molar-refractivity contribution < 1.29 is 4.79 Å². The zero-order valence-corrected chi connectivity index (χ0v) is 21.2. The summed E-state index contributed by atoms with van der Waals surface area (Å²) in [6.07, 6.45) is 1.32. The first-order valence-electron chi connectivity index (χ1n) is 12.6. The number of benzene rings is 3. The Hall–Kier alpha value is -3.59. The van der Waals surface area contributed by atoms with E-state index in [0.717, 1.165) is 83.2 Å². The highest BCUT2D eigenvalue weighted by molar-refractivity contribution is 6.32. The summed E-state index contributed by atoms with van der Waals surface area (Å²) in [4.78, 5) is 17.3. The quantitative estimate of drug-likeness (QED) is 0.391. The molecule has 0 spiro atoms. The van der Waals surface area contributed by atoms with Crippen molar-refractivity contribution in [3.8, 4) is 22.5 Å². The van der Waals surface area contributed by atoms with E-state index in [2.05, 4.69) is 61.2 Å². The molecule has 1 saturated heterocycles. The molecule has 8 nitrogen and oxygen atoms in total. The predicted octanol–water partition coefficient (Wildman–Crippen LogP) is 3.72. The molecule has 0 aliphatic carbocycles. The molecule has 0 radical (unpaired) electrons. The van der Waals surface area contributed by atoms with Gasteiger partial charge in [0.1, 0.15) is 0 Å². The second-order valence-electron chi connectivity index (χ2n) is 9.55. The summed E-state index contributed by atoms with van der Waals surface area (Å²) in [7, 11) is 0. The van der Waals surface area contributed by atoms with E-state index in [1.165, 1.54) is 0 Å². The Labute approximate surface area is 220 Å². The molecule has 2 aliphatic rings. The number of aromatic nitrogens is 4. The molecule has 1 aromatic heterocycles. The minimum Gasteiger partial charge on any atom is -0.314 e. The number of amides is 1. The van der Waals surface area contributed by atoms with Crippen molar-refractivity contribution >= 4 is 23.2 Å². The highest BCUT2D eigenvalue weighted by atomic mass is 35.5. The second-order valence-corrected chi connectivity index (χ2v) is 9.96. The monoisotopic (exact) mass is 513 g/mol. The molecule has 188 valence electrons. The van der Waals surface area contributed by atoms with Crippen molar-refractivity contribution in [3.05, 3.63) is 82.4 Å². The maximum absolute atomic E-state index is 13.0. The molecule has 2 aliphatic heterocycles. The van der Waals surface area contributed by atoms with Crippen molar-refractivity contribution in [3.63, 3.8) is 0 Å². The largest absolute Gasteiger partial charge is 0.314 e. The lowest BCUT2D eigenvalue weighted by atomic mass is 9.98. The van der Waals surface area contributed by atoms with Gasteiger partial charge in [0.05, 0.1) is 13.0 Å². The van der Waals surface area contributed by atoms with Gasteiger partial charge in [-0.15, -0.1) is 10.2 Å². The van der Waals surface area contributed by atoms with Crippen LogP contribution in [0.15, 0.2) is 60.7 Å². The van der Waals surface area contributed by atoms with E-state index in [-0.39, 0.29) is 5.91 Å². The van der Waals surface area contributed by atoms with Crippen LogP contribution in [0.1, 0.15) is 16.7 Å². The molecule has 1 amide bonds. The zero-order chi connectivity index (χ0) is 25.2. The fraction of sp³-hybridized carbons (Fsp3) is 0.286. The predicted molar refractivity (Wildman–Crippen MR) is 144 cm³/mol. The zero-order valence-electron chi connectivity index (χ0n) is 20.5. The molecule has 4 aromatic rings. The van der Waals surface area contributed by atoms with Gasteiger partial charge in [0.2, 0.25) is 11.7 Å². The number of carbonyl (C=O) groups excluding carboxylic acids is 1. The van der Waals surface area contributed by atoms with Gasteiger partial charge in [-0.2, -0.15) is 5.21 Å². The summed E-state index contributed by atoms with van der Waals surface area (Å²) in [6, 6.07) is 20.4. The molecular formula is C28H28ClN7O. The van der Waals surface area contributed by atoms with Gasteiger partial charge < -0.3 is 15.1 Å². The van der Waals surface area contributed by atoms with Crippen LogP contribution in [-0.2, 0) is 24.2 Å². The number of H-pyrrole nitrogens is 1. The average Bonchev–Trinajstić information content (AvgIpc) is 3.57. The van der Waals surface area contributed by atoms with Crippen LogP contribution in [0.4, 0.5) is 5.69 Å². The number of carbonyl (C=O) groups is 1. The van der Waals surface area contributed by atoms with E-state index >= 15 is 0 Å². The van der Waals surface area contributed by atoms with Crippen molar-refractivity contribution in [2.24, 2.45) is 0 Å². The number of fused-ring (bicyclic) bond motifs is 1. The fourth-order valence-corrected chi connectivity index (χ4v) is 5.45. The summed E-state index contributed by atoms with van der Waals surface area (Å²) in [6.45, 7) is 5.70. The van der Waals surface area contributed by atoms with E-state index in [1.807, 2.05) is 35.2 Å². The van der Waals surface area contributed by atoms with Gasteiger partial charge in [-0.1, -0.05) is 66.2 Å². The number of anilines is 1. The van der Waals surface area contributed by atoms with Crippen LogP contribution in [-0.4, -0.2) is 64.2 Å². The van der Waals surface area contributed by atoms with Crippen LogP contribution in [0, 0.1) is 0 Å². The number of piperazine rings is 1. The lowest BCUT2D eigenvalue weighted by molar-refractivity contribution is -0.117. The third kappa shape index (κ3) is 5.00. The summed E-state index contributed by atoms with van der Waals surface area (Å²) < 4.78 is 0. The minimum absolute atomic E-state index is 0.108. The normalized spacial score (nSPS) is 15.8. The van der Waals surface area contributed by atoms with Gasteiger partial charge in [-0.3, -0.25) is 4.79 Å². The molecule has 6 rings (SSSR count). The van der Waals surface area contributed by atoms with Crippen LogP contribution >= 0.6 is 11.6 Å². The molecule has 0 bridgehead atoms. The molecule has 9 heteroatoms. The highest BCUT2D eigenvalue weighted by Crippen LogP contribution is 2.36. The first-order valence-corrected chi connectivity index (χ1v) is 13.0. The van der Waals surface area contributed by atoms with Crippen LogP contribution < -0.4 is 10.2 Å². The topological polar surface area (TPSA) is 90.0 Å².